The molecule has 1 saturated heterocycles. The zero-order valence-electron chi connectivity index (χ0n) is 20.4. The maximum atomic E-state index is 15.0. The van der Waals surface area contributed by atoms with Crippen molar-refractivity contribution in [2.45, 2.75) is 82.0 Å². The molecule has 0 unspecified atom stereocenters. The third-order valence-electron chi connectivity index (χ3n) is 7.17. The summed E-state index contributed by atoms with van der Waals surface area (Å²) in [6, 6.07) is 1.57. The van der Waals surface area contributed by atoms with Crippen molar-refractivity contribution in [2.24, 2.45) is 5.92 Å². The van der Waals surface area contributed by atoms with Crippen molar-refractivity contribution in [1.82, 2.24) is 5.32 Å². The van der Waals surface area contributed by atoms with Crippen LogP contribution in [0.2, 0.25) is 0 Å². The van der Waals surface area contributed by atoms with Gasteiger partial charge in [-0.05, 0) is 57.2 Å². The second-order valence-electron chi connectivity index (χ2n) is 11.2. The van der Waals surface area contributed by atoms with Crippen LogP contribution in [-0.4, -0.2) is 60.7 Å². The SMILES string of the molecule is CC(C)(C)OC(=O)N[C@H]1CS(=O)(=O)C[C@@H](Cc2cc(F)c3c(c2)C2(CCC(F)(F)CC2)C(=O)N3)[C@@H]1O. The van der Waals surface area contributed by atoms with E-state index in [-0.39, 0.29) is 36.3 Å². The molecule has 3 atom stereocenters. The van der Waals surface area contributed by atoms with Gasteiger partial charge in [0.15, 0.2) is 9.84 Å². The topological polar surface area (TPSA) is 122 Å². The van der Waals surface area contributed by atoms with Gasteiger partial charge in [-0.1, -0.05) is 6.07 Å². The van der Waals surface area contributed by atoms with Gasteiger partial charge < -0.3 is 20.5 Å². The highest BCUT2D eigenvalue weighted by molar-refractivity contribution is 7.91. The number of anilines is 1. The van der Waals surface area contributed by atoms with E-state index in [0.29, 0.717) is 5.56 Å². The maximum Gasteiger partial charge on any atom is 0.407 e. The lowest BCUT2D eigenvalue weighted by molar-refractivity contribution is -0.125. The third kappa shape index (κ3) is 5.34. The molecule has 36 heavy (non-hydrogen) atoms. The summed E-state index contributed by atoms with van der Waals surface area (Å²) in [6.45, 7) is 4.93. The van der Waals surface area contributed by atoms with E-state index in [1.54, 1.807) is 26.8 Å². The summed E-state index contributed by atoms with van der Waals surface area (Å²) in [6.07, 6.45) is -3.45. The van der Waals surface area contributed by atoms with E-state index < -0.39 is 81.3 Å². The molecule has 1 spiro atoms. The number of nitrogens with one attached hydrogen (secondary N) is 2. The van der Waals surface area contributed by atoms with Crippen LogP contribution in [0.25, 0.3) is 0 Å². The van der Waals surface area contributed by atoms with Crippen molar-refractivity contribution in [3.8, 4) is 0 Å². The number of amides is 2. The fourth-order valence-electron chi connectivity index (χ4n) is 5.44. The van der Waals surface area contributed by atoms with Crippen LogP contribution in [0.5, 0.6) is 0 Å². The number of benzene rings is 1. The molecule has 1 saturated carbocycles. The van der Waals surface area contributed by atoms with Gasteiger partial charge in [-0.25, -0.2) is 26.4 Å². The standard InChI is InChI=1S/C24H31F3N2O6S/c1-22(2,3)35-21(32)28-17-12-36(33,34)11-14(19(17)30)8-13-9-15-18(16(25)10-13)29-20(31)23(15)4-6-24(26,27)7-5-23/h9-10,14,17,19,30H,4-8,11-12H2,1-3H3,(H,28,32)(H,29,31)/t14-,17+,19+/m1/s1. The zero-order chi connectivity index (χ0) is 26.7. The third-order valence-corrected chi connectivity index (χ3v) is 8.97. The summed E-state index contributed by atoms with van der Waals surface area (Å²) in [5.41, 5.74) is -1.53. The lowest BCUT2D eigenvalue weighted by atomic mass is 9.68. The molecule has 1 aliphatic carbocycles. The van der Waals surface area contributed by atoms with Gasteiger partial charge in [-0.3, -0.25) is 4.79 Å². The lowest BCUT2D eigenvalue weighted by Gasteiger charge is -2.36. The van der Waals surface area contributed by atoms with E-state index >= 15 is 4.39 Å². The van der Waals surface area contributed by atoms with Crippen molar-refractivity contribution in [2.75, 3.05) is 16.8 Å². The average Bonchev–Trinajstić information content (AvgIpc) is 2.98. The van der Waals surface area contributed by atoms with Gasteiger partial charge >= 0.3 is 6.09 Å². The highest BCUT2D eigenvalue weighted by Gasteiger charge is 2.53. The number of hydrogen-bond acceptors (Lipinski definition) is 6. The predicted octanol–water partition coefficient (Wildman–Crippen LogP) is 3.07. The number of carbonyl (C=O) groups is 2. The second-order valence-corrected chi connectivity index (χ2v) is 13.3. The molecule has 2 aliphatic heterocycles. The summed E-state index contributed by atoms with van der Waals surface area (Å²) < 4.78 is 72.9. The van der Waals surface area contributed by atoms with Crippen LogP contribution in [0, 0.1) is 11.7 Å². The first-order valence-electron chi connectivity index (χ1n) is 11.9. The number of fused-ring (bicyclic) bond motifs is 2. The first-order chi connectivity index (χ1) is 16.5. The van der Waals surface area contributed by atoms with Gasteiger partial charge in [-0.2, -0.15) is 0 Å². The Morgan fingerprint density at radius 3 is 2.44 bits per heavy atom. The van der Waals surface area contributed by atoms with E-state index in [0.717, 1.165) is 6.07 Å². The molecule has 2 fully saturated rings. The monoisotopic (exact) mass is 532 g/mol. The minimum atomic E-state index is -3.67. The minimum absolute atomic E-state index is 0.0461. The number of hydrogen-bond donors (Lipinski definition) is 3. The van der Waals surface area contributed by atoms with Crippen LogP contribution in [0.1, 0.15) is 57.6 Å². The van der Waals surface area contributed by atoms with Crippen molar-refractivity contribution in [3.63, 3.8) is 0 Å². The molecule has 12 heteroatoms. The lowest BCUT2D eigenvalue weighted by Crippen LogP contribution is -2.56. The minimum Gasteiger partial charge on any atom is -0.444 e. The number of alkyl carbamates (subject to hydrolysis) is 1. The Labute approximate surface area is 207 Å². The van der Waals surface area contributed by atoms with E-state index in [9.17, 15) is 31.9 Å². The molecule has 0 radical (unpaired) electrons. The molecule has 3 N–H and O–H groups in total. The summed E-state index contributed by atoms with van der Waals surface area (Å²) in [4.78, 5) is 24.9. The van der Waals surface area contributed by atoms with Crippen LogP contribution in [0.15, 0.2) is 12.1 Å². The molecule has 4 rings (SSSR count). The number of ether oxygens (including phenoxy) is 1. The normalized spacial score (nSPS) is 28.3. The smallest absolute Gasteiger partial charge is 0.407 e. The highest BCUT2D eigenvalue weighted by atomic mass is 32.2. The van der Waals surface area contributed by atoms with E-state index in [1.165, 1.54) is 0 Å². The largest absolute Gasteiger partial charge is 0.444 e. The van der Waals surface area contributed by atoms with Crippen molar-refractivity contribution in [1.29, 1.82) is 0 Å². The van der Waals surface area contributed by atoms with Crippen molar-refractivity contribution in [3.05, 3.63) is 29.1 Å². The quantitative estimate of drug-likeness (QED) is 0.550. The Hall–Kier alpha value is -2.34. The molecule has 1 aromatic rings. The second kappa shape index (κ2) is 8.90. The van der Waals surface area contributed by atoms with Gasteiger partial charge in [0, 0.05) is 18.8 Å². The molecule has 1 aromatic carbocycles. The number of alkyl halides is 2. The van der Waals surface area contributed by atoms with Crippen LogP contribution < -0.4 is 10.6 Å². The Bertz CT molecular complexity index is 1170. The zero-order valence-corrected chi connectivity index (χ0v) is 21.2. The molecule has 2 heterocycles. The van der Waals surface area contributed by atoms with E-state index in [2.05, 4.69) is 10.6 Å². The molecular formula is C24H31F3N2O6S. The maximum absolute atomic E-state index is 15.0. The summed E-state index contributed by atoms with van der Waals surface area (Å²) >= 11 is 0. The van der Waals surface area contributed by atoms with Crippen LogP contribution in [0.4, 0.5) is 23.7 Å². The predicted molar refractivity (Wildman–Crippen MR) is 125 cm³/mol. The Balaban J connectivity index is 1.58. The summed E-state index contributed by atoms with van der Waals surface area (Å²) in [7, 11) is -3.67. The highest BCUT2D eigenvalue weighted by Crippen LogP contribution is 2.52. The Kier molecular flexibility index (Phi) is 6.60. The van der Waals surface area contributed by atoms with E-state index in [4.69, 9.17) is 4.74 Å². The molecular weight excluding hydrogens is 501 g/mol. The number of aliphatic hydroxyl groups excluding tert-OH is 1. The number of rotatable bonds is 3. The van der Waals surface area contributed by atoms with Crippen molar-refractivity contribution >= 4 is 27.5 Å². The van der Waals surface area contributed by atoms with E-state index in [1.807, 2.05) is 0 Å². The van der Waals surface area contributed by atoms with Gasteiger partial charge in [0.05, 0.1) is 34.8 Å². The number of sulfone groups is 1. The fourth-order valence-corrected chi connectivity index (χ4v) is 7.37. The molecule has 2 amide bonds. The van der Waals surface area contributed by atoms with Crippen molar-refractivity contribution < 1.29 is 41.0 Å². The van der Waals surface area contributed by atoms with Gasteiger partial charge in [0.25, 0.3) is 0 Å². The molecule has 0 bridgehead atoms. The van der Waals surface area contributed by atoms with Gasteiger partial charge in [0.1, 0.15) is 11.4 Å². The Morgan fingerprint density at radius 1 is 1.19 bits per heavy atom. The first-order valence-corrected chi connectivity index (χ1v) is 13.7. The molecule has 0 aromatic heterocycles. The van der Waals surface area contributed by atoms with Crippen LogP contribution >= 0.6 is 0 Å². The summed E-state index contributed by atoms with van der Waals surface area (Å²) in [5, 5.41) is 15.8. The van der Waals surface area contributed by atoms with Gasteiger partial charge in [-0.15, -0.1) is 0 Å². The summed E-state index contributed by atoms with van der Waals surface area (Å²) in [5.74, 6) is -5.89. The molecule has 3 aliphatic rings. The van der Waals surface area contributed by atoms with Gasteiger partial charge in [0.2, 0.25) is 11.8 Å². The average molecular weight is 533 g/mol. The van der Waals surface area contributed by atoms with Crippen LogP contribution in [0.3, 0.4) is 0 Å². The Morgan fingerprint density at radius 2 is 1.83 bits per heavy atom. The number of halogens is 3. The molecule has 8 nitrogen and oxygen atoms in total. The number of carbonyl (C=O) groups excluding carboxylic acids is 2. The molecule has 200 valence electrons. The van der Waals surface area contributed by atoms with Crippen LogP contribution in [-0.2, 0) is 31.2 Å². The number of aliphatic hydroxyl groups is 1. The first kappa shape index (κ1) is 26.7. The fraction of sp³-hybridized carbons (Fsp3) is 0.667.